The topological polar surface area (TPSA) is 66.3 Å². The minimum absolute atomic E-state index is 0.111. The minimum atomic E-state index is 0.111. The van der Waals surface area contributed by atoms with Crippen LogP contribution in [0.3, 0.4) is 0 Å². The smallest absolute Gasteiger partial charge is 0.253 e. The molecule has 7 nitrogen and oxygen atoms in total. The second kappa shape index (κ2) is 20.0. The highest BCUT2D eigenvalue weighted by Gasteiger charge is 2.18. The Labute approximate surface area is 249 Å². The molecule has 0 radical (unpaired) electrons. The summed E-state index contributed by atoms with van der Waals surface area (Å²) in [6, 6.07) is 9.67. The number of imidazole rings is 1. The number of anilines is 2. The van der Waals surface area contributed by atoms with E-state index < -0.39 is 0 Å². The molecule has 2 aromatic heterocycles. The van der Waals surface area contributed by atoms with E-state index in [4.69, 9.17) is 4.98 Å². The van der Waals surface area contributed by atoms with E-state index in [1.54, 1.807) is 12.4 Å². The van der Waals surface area contributed by atoms with Crippen molar-refractivity contribution in [3.05, 3.63) is 48.3 Å². The number of hydrogen-bond acceptors (Lipinski definition) is 5. The highest BCUT2D eigenvalue weighted by molar-refractivity contribution is 5.98. The maximum absolute atomic E-state index is 13.2. The maximum Gasteiger partial charge on any atom is 0.253 e. The molecule has 2 heterocycles. The van der Waals surface area contributed by atoms with Crippen LogP contribution in [0.1, 0.15) is 109 Å². The van der Waals surface area contributed by atoms with E-state index in [1.165, 1.54) is 51.6 Å². The van der Waals surface area contributed by atoms with Gasteiger partial charge in [-0.25, -0.2) is 4.98 Å². The largest absolute Gasteiger partial charge is 0.339 e. The SMILES string of the molecule is CCCCCCCN(C)CCC.CCCCN(CCCC)C(=O)c1ccc2nc(Nc3cccnc3)n(CC)c2c1. The summed E-state index contributed by atoms with van der Waals surface area (Å²) in [5.41, 5.74) is 3.46. The Morgan fingerprint density at radius 2 is 1.54 bits per heavy atom. The molecule has 0 aliphatic rings. The lowest BCUT2D eigenvalue weighted by molar-refractivity contribution is 0.0751. The van der Waals surface area contributed by atoms with Crippen LogP contribution in [0, 0.1) is 0 Å². The summed E-state index contributed by atoms with van der Waals surface area (Å²) in [6.45, 7) is 15.8. The number of aromatic nitrogens is 3. The zero-order valence-corrected chi connectivity index (χ0v) is 26.8. The van der Waals surface area contributed by atoms with Crippen molar-refractivity contribution in [3.63, 3.8) is 0 Å². The first-order valence-corrected chi connectivity index (χ1v) is 16.1. The summed E-state index contributed by atoms with van der Waals surface area (Å²) >= 11 is 0. The molecule has 1 aromatic carbocycles. The van der Waals surface area contributed by atoms with Crippen molar-refractivity contribution in [2.75, 3.05) is 38.5 Å². The van der Waals surface area contributed by atoms with Gasteiger partial charge >= 0.3 is 0 Å². The van der Waals surface area contributed by atoms with Crippen molar-refractivity contribution >= 4 is 28.6 Å². The molecule has 228 valence electrons. The summed E-state index contributed by atoms with van der Waals surface area (Å²) in [4.78, 5) is 26.5. The number of pyridine rings is 1. The molecule has 0 aliphatic carbocycles. The van der Waals surface area contributed by atoms with E-state index in [-0.39, 0.29) is 5.91 Å². The number of carbonyl (C=O) groups excluding carboxylic acids is 1. The predicted octanol–water partition coefficient (Wildman–Crippen LogP) is 8.54. The predicted molar refractivity (Wildman–Crippen MR) is 175 cm³/mol. The van der Waals surface area contributed by atoms with Crippen LogP contribution in [-0.2, 0) is 6.54 Å². The molecular weight excluding hydrogens is 508 g/mol. The average Bonchev–Trinajstić information content (AvgIpc) is 3.33. The lowest BCUT2D eigenvalue weighted by Crippen LogP contribution is -2.32. The van der Waals surface area contributed by atoms with Gasteiger partial charge in [-0.15, -0.1) is 0 Å². The Bertz CT molecular complexity index is 1110. The van der Waals surface area contributed by atoms with E-state index in [2.05, 4.69) is 61.4 Å². The number of fused-ring (bicyclic) bond motifs is 1. The second-order valence-corrected chi connectivity index (χ2v) is 11.0. The number of carbonyl (C=O) groups is 1. The molecule has 0 saturated carbocycles. The first-order valence-electron chi connectivity index (χ1n) is 16.1. The van der Waals surface area contributed by atoms with Gasteiger partial charge in [0.2, 0.25) is 5.95 Å². The number of hydrogen-bond donors (Lipinski definition) is 1. The number of rotatable bonds is 18. The summed E-state index contributed by atoms with van der Waals surface area (Å²) in [7, 11) is 2.23. The average molecular weight is 565 g/mol. The molecule has 41 heavy (non-hydrogen) atoms. The van der Waals surface area contributed by atoms with Crippen LogP contribution < -0.4 is 5.32 Å². The Hall–Kier alpha value is -2.93. The highest BCUT2D eigenvalue weighted by atomic mass is 16.2. The van der Waals surface area contributed by atoms with Gasteiger partial charge in [0.15, 0.2) is 0 Å². The molecular formula is C34H56N6O. The van der Waals surface area contributed by atoms with Gasteiger partial charge in [-0.2, -0.15) is 0 Å². The fourth-order valence-electron chi connectivity index (χ4n) is 4.91. The number of benzene rings is 1. The molecule has 3 aromatic rings. The van der Waals surface area contributed by atoms with Crippen LogP contribution >= 0.6 is 0 Å². The molecule has 0 atom stereocenters. The molecule has 1 N–H and O–H groups in total. The molecule has 3 rings (SSSR count). The minimum Gasteiger partial charge on any atom is -0.339 e. The molecule has 0 aliphatic heterocycles. The van der Waals surface area contributed by atoms with Crippen molar-refractivity contribution in [2.24, 2.45) is 0 Å². The first-order chi connectivity index (χ1) is 20.0. The summed E-state index contributed by atoms with van der Waals surface area (Å²) in [5, 5.41) is 3.33. The van der Waals surface area contributed by atoms with Crippen LogP contribution in [0.4, 0.5) is 11.6 Å². The number of nitrogens with one attached hydrogen (secondary N) is 1. The molecule has 0 bridgehead atoms. The normalized spacial score (nSPS) is 11.0. The van der Waals surface area contributed by atoms with Gasteiger partial charge in [0, 0.05) is 31.4 Å². The van der Waals surface area contributed by atoms with Crippen LogP contribution in [0.15, 0.2) is 42.7 Å². The fourth-order valence-corrected chi connectivity index (χ4v) is 4.91. The zero-order chi connectivity index (χ0) is 29.9. The molecule has 0 unspecified atom stereocenters. The number of unbranched alkanes of at least 4 members (excludes halogenated alkanes) is 6. The molecule has 7 heteroatoms. The third kappa shape index (κ3) is 11.8. The summed E-state index contributed by atoms with van der Waals surface area (Å²) < 4.78 is 2.10. The third-order valence-electron chi connectivity index (χ3n) is 7.33. The van der Waals surface area contributed by atoms with Crippen molar-refractivity contribution in [3.8, 4) is 0 Å². The van der Waals surface area contributed by atoms with E-state index in [9.17, 15) is 4.79 Å². The van der Waals surface area contributed by atoms with Gasteiger partial charge in [-0.05, 0) is 83.1 Å². The Morgan fingerprint density at radius 3 is 2.15 bits per heavy atom. The quantitative estimate of drug-likeness (QED) is 0.157. The van der Waals surface area contributed by atoms with Gasteiger partial charge in [-0.1, -0.05) is 66.2 Å². The molecule has 0 saturated heterocycles. The second-order valence-electron chi connectivity index (χ2n) is 11.0. The third-order valence-corrected chi connectivity index (χ3v) is 7.33. The first kappa shape index (κ1) is 34.3. The van der Waals surface area contributed by atoms with Crippen molar-refractivity contribution < 1.29 is 4.79 Å². The van der Waals surface area contributed by atoms with Crippen molar-refractivity contribution in [1.82, 2.24) is 24.3 Å². The highest BCUT2D eigenvalue weighted by Crippen LogP contribution is 2.24. The van der Waals surface area contributed by atoms with Crippen molar-refractivity contribution in [2.45, 2.75) is 105 Å². The van der Waals surface area contributed by atoms with E-state index in [0.717, 1.165) is 73.6 Å². The lowest BCUT2D eigenvalue weighted by atomic mass is 10.1. The Morgan fingerprint density at radius 1 is 0.829 bits per heavy atom. The molecule has 1 amide bonds. The van der Waals surface area contributed by atoms with E-state index in [0.29, 0.717) is 0 Å². The van der Waals surface area contributed by atoms with Crippen LogP contribution in [0.5, 0.6) is 0 Å². The zero-order valence-electron chi connectivity index (χ0n) is 26.8. The van der Waals surface area contributed by atoms with E-state index in [1.807, 2.05) is 35.2 Å². The fraction of sp³-hybridized carbons (Fsp3) is 0.618. The molecule has 0 fully saturated rings. The van der Waals surface area contributed by atoms with Crippen LogP contribution in [-0.4, -0.2) is 63.5 Å². The van der Waals surface area contributed by atoms with Gasteiger partial charge in [0.25, 0.3) is 5.91 Å². The maximum atomic E-state index is 13.2. The monoisotopic (exact) mass is 564 g/mol. The van der Waals surface area contributed by atoms with Gasteiger partial charge in [0.05, 0.1) is 22.9 Å². The molecule has 0 spiro atoms. The van der Waals surface area contributed by atoms with Gasteiger partial charge in [-0.3, -0.25) is 9.78 Å². The number of nitrogens with zero attached hydrogens (tertiary/aromatic N) is 5. The summed E-state index contributed by atoms with van der Waals surface area (Å²) in [6.07, 6.45) is 16.0. The number of aryl methyl sites for hydroxylation is 1. The van der Waals surface area contributed by atoms with Crippen LogP contribution in [0.25, 0.3) is 11.0 Å². The van der Waals surface area contributed by atoms with Gasteiger partial charge < -0.3 is 19.7 Å². The summed E-state index contributed by atoms with van der Waals surface area (Å²) in [5.74, 6) is 0.869. The van der Waals surface area contributed by atoms with Crippen molar-refractivity contribution in [1.29, 1.82) is 0 Å². The van der Waals surface area contributed by atoms with Crippen LogP contribution in [0.2, 0.25) is 0 Å². The lowest BCUT2D eigenvalue weighted by Gasteiger charge is -2.22. The number of amides is 1. The Kier molecular flexibility index (Phi) is 16.7. The standard InChI is InChI=1S/C23H31N5O.C11H25N/c1-4-7-14-27(15-8-5-2)22(29)18-11-12-20-21(16-18)28(6-3)23(26-20)25-19-10-9-13-24-17-19;1-4-6-7-8-9-11-12(3)10-5-2/h9-13,16-17H,4-8,14-15H2,1-3H3,(H,25,26);4-11H2,1-3H3. The van der Waals surface area contributed by atoms with Gasteiger partial charge in [0.1, 0.15) is 0 Å². The van der Waals surface area contributed by atoms with E-state index >= 15 is 0 Å². The Balaban J connectivity index is 0.000000415.